The maximum Gasteiger partial charge on any atom is 0.351 e. The Morgan fingerprint density at radius 2 is 1.86 bits per heavy atom. The Bertz CT molecular complexity index is 1260. The quantitative estimate of drug-likeness (QED) is 0.503. The van der Waals surface area contributed by atoms with E-state index in [0.717, 1.165) is 21.7 Å². The predicted octanol–water partition coefficient (Wildman–Crippen LogP) is 5.00. The molecule has 0 amide bonds. The van der Waals surface area contributed by atoms with Gasteiger partial charge in [-0.2, -0.15) is 0 Å². The van der Waals surface area contributed by atoms with Gasteiger partial charge in [0.05, 0.1) is 9.70 Å². The number of carboxylic acid groups (broad SMARTS) is 1. The summed E-state index contributed by atoms with van der Waals surface area (Å²) in [4.78, 5) is 24.9. The van der Waals surface area contributed by atoms with E-state index in [9.17, 15) is 14.0 Å². The van der Waals surface area contributed by atoms with Gasteiger partial charge in [0.25, 0.3) is 0 Å². The molecule has 0 aliphatic carbocycles. The fourth-order valence-electron chi connectivity index (χ4n) is 3.08. The van der Waals surface area contributed by atoms with Crippen molar-refractivity contribution in [1.29, 1.82) is 0 Å². The van der Waals surface area contributed by atoms with Crippen molar-refractivity contribution < 1.29 is 18.7 Å². The standard InChI is InChI=1S/C22H16FNO4S/c1-24(20-11-18-19(29-20)10-17(21(25)26)22(27)28-18)12-13-3-2-4-15(9-13)14-5-7-16(23)8-6-14/h2-11H,12H2,1H3,(H,25,26). The number of carboxylic acids is 1. The molecule has 0 atom stereocenters. The molecule has 1 N–H and O–H groups in total. The zero-order valence-corrected chi connectivity index (χ0v) is 16.2. The van der Waals surface area contributed by atoms with Crippen molar-refractivity contribution in [2.24, 2.45) is 0 Å². The minimum absolute atomic E-state index is 0.271. The van der Waals surface area contributed by atoms with Gasteiger partial charge >= 0.3 is 11.6 Å². The summed E-state index contributed by atoms with van der Waals surface area (Å²) in [5, 5.41) is 9.93. The molecule has 0 unspecified atom stereocenters. The van der Waals surface area contributed by atoms with E-state index >= 15 is 0 Å². The maximum absolute atomic E-state index is 13.2. The minimum atomic E-state index is -1.30. The summed E-state index contributed by atoms with van der Waals surface area (Å²) in [6.45, 7) is 0.595. The van der Waals surface area contributed by atoms with Crippen molar-refractivity contribution in [2.75, 3.05) is 11.9 Å². The Balaban J connectivity index is 1.60. The number of thiophene rings is 1. The fraction of sp³-hybridized carbons (Fsp3) is 0.0909. The van der Waals surface area contributed by atoms with Gasteiger partial charge in [0.1, 0.15) is 11.4 Å². The summed E-state index contributed by atoms with van der Waals surface area (Å²) in [6.07, 6.45) is 0. The van der Waals surface area contributed by atoms with Crippen LogP contribution in [0.3, 0.4) is 0 Å². The number of carbonyl (C=O) groups is 1. The van der Waals surface area contributed by atoms with E-state index in [1.165, 1.54) is 29.5 Å². The third-order valence-electron chi connectivity index (χ3n) is 4.54. The number of fused-ring (bicyclic) bond motifs is 1. The molecule has 0 spiro atoms. The van der Waals surface area contributed by atoms with Crippen LogP contribution in [0.1, 0.15) is 15.9 Å². The summed E-state index contributed by atoms with van der Waals surface area (Å²) in [7, 11) is 1.91. The number of rotatable bonds is 5. The molecule has 0 aliphatic heterocycles. The molecular weight excluding hydrogens is 393 g/mol. The zero-order chi connectivity index (χ0) is 20.5. The van der Waals surface area contributed by atoms with Crippen molar-refractivity contribution in [3.8, 4) is 11.1 Å². The first kappa shape index (κ1) is 18.9. The van der Waals surface area contributed by atoms with Crippen molar-refractivity contribution in [2.45, 2.75) is 6.54 Å². The monoisotopic (exact) mass is 409 g/mol. The van der Waals surface area contributed by atoms with E-state index in [0.29, 0.717) is 16.8 Å². The summed E-state index contributed by atoms with van der Waals surface area (Å²) >= 11 is 1.36. The molecule has 0 fully saturated rings. The average Bonchev–Trinajstić information content (AvgIpc) is 3.11. The smallest absolute Gasteiger partial charge is 0.351 e. The highest BCUT2D eigenvalue weighted by Gasteiger charge is 2.15. The number of halogens is 1. The molecule has 0 saturated heterocycles. The third kappa shape index (κ3) is 3.90. The van der Waals surface area contributed by atoms with Crippen molar-refractivity contribution >= 4 is 32.6 Å². The molecule has 4 rings (SSSR count). The maximum atomic E-state index is 13.2. The highest BCUT2D eigenvalue weighted by Crippen LogP contribution is 2.32. The van der Waals surface area contributed by atoms with Crippen LogP contribution < -0.4 is 10.5 Å². The van der Waals surface area contributed by atoms with E-state index < -0.39 is 11.6 Å². The molecule has 2 aromatic carbocycles. The number of benzene rings is 2. The largest absolute Gasteiger partial charge is 0.477 e. The number of anilines is 1. The molecule has 146 valence electrons. The van der Waals surface area contributed by atoms with Crippen molar-refractivity contribution in [1.82, 2.24) is 0 Å². The lowest BCUT2D eigenvalue weighted by Gasteiger charge is -2.17. The van der Waals surface area contributed by atoms with Crippen LogP contribution in [-0.4, -0.2) is 18.1 Å². The van der Waals surface area contributed by atoms with Crippen LogP contribution in [0.5, 0.6) is 0 Å². The lowest BCUT2D eigenvalue weighted by atomic mass is 10.0. The minimum Gasteiger partial charge on any atom is -0.477 e. The van der Waals surface area contributed by atoms with E-state index in [1.807, 2.05) is 36.2 Å². The van der Waals surface area contributed by atoms with E-state index in [4.69, 9.17) is 9.52 Å². The highest BCUT2D eigenvalue weighted by atomic mass is 32.1. The first-order valence-electron chi connectivity index (χ1n) is 8.78. The van der Waals surface area contributed by atoms with Crippen molar-refractivity contribution in [3.05, 3.63) is 88.0 Å². The predicted molar refractivity (Wildman–Crippen MR) is 111 cm³/mol. The number of nitrogens with zero attached hydrogens (tertiary/aromatic N) is 1. The van der Waals surface area contributed by atoms with Gasteiger partial charge in [0.2, 0.25) is 0 Å². The van der Waals surface area contributed by atoms with E-state index in [1.54, 1.807) is 18.2 Å². The fourth-order valence-corrected chi connectivity index (χ4v) is 4.07. The van der Waals surface area contributed by atoms with Gasteiger partial charge in [-0.05, 0) is 41.0 Å². The Labute approximate surface area is 169 Å². The van der Waals surface area contributed by atoms with Crippen LogP contribution in [0.2, 0.25) is 0 Å². The Kier molecular flexibility index (Phi) is 4.90. The third-order valence-corrected chi connectivity index (χ3v) is 5.72. The van der Waals surface area contributed by atoms with Crippen LogP contribution in [0.4, 0.5) is 9.39 Å². The molecule has 4 aromatic rings. The molecule has 5 nitrogen and oxygen atoms in total. The van der Waals surface area contributed by atoms with E-state index in [2.05, 4.69) is 0 Å². The Morgan fingerprint density at radius 3 is 2.59 bits per heavy atom. The number of hydrogen-bond acceptors (Lipinski definition) is 5. The van der Waals surface area contributed by atoms with Gasteiger partial charge in [-0.15, -0.1) is 11.3 Å². The lowest BCUT2D eigenvalue weighted by Crippen LogP contribution is -2.14. The summed E-state index contributed by atoms with van der Waals surface area (Å²) in [5.74, 6) is -1.58. The average molecular weight is 409 g/mol. The number of hydrogen-bond donors (Lipinski definition) is 1. The number of aromatic carboxylic acids is 1. The van der Waals surface area contributed by atoms with Crippen LogP contribution in [0.25, 0.3) is 21.4 Å². The SMILES string of the molecule is CN(Cc1cccc(-c2ccc(F)cc2)c1)c1cc2oc(=O)c(C(=O)O)cc2s1. The molecule has 0 aliphatic rings. The zero-order valence-electron chi connectivity index (χ0n) is 15.4. The Hall–Kier alpha value is -3.45. The van der Waals surface area contributed by atoms with Gasteiger partial charge in [-0.25, -0.2) is 14.0 Å². The van der Waals surface area contributed by atoms with Crippen LogP contribution in [0, 0.1) is 5.82 Å². The summed E-state index contributed by atoms with van der Waals surface area (Å²) < 4.78 is 18.9. The molecule has 0 saturated carbocycles. The molecule has 0 radical (unpaired) electrons. The van der Waals surface area contributed by atoms with Gasteiger partial charge in [0, 0.05) is 19.7 Å². The summed E-state index contributed by atoms with van der Waals surface area (Å²) in [5.41, 5.74) is 2.11. The van der Waals surface area contributed by atoms with Gasteiger partial charge in [-0.1, -0.05) is 30.3 Å². The van der Waals surface area contributed by atoms with Crippen LogP contribution in [0.15, 0.2) is 69.9 Å². The molecule has 29 heavy (non-hydrogen) atoms. The second-order valence-corrected chi connectivity index (χ2v) is 7.69. The summed E-state index contributed by atoms with van der Waals surface area (Å²) in [6, 6.07) is 17.4. The van der Waals surface area contributed by atoms with Crippen LogP contribution >= 0.6 is 11.3 Å². The van der Waals surface area contributed by atoms with Crippen molar-refractivity contribution in [3.63, 3.8) is 0 Å². The van der Waals surface area contributed by atoms with Gasteiger partial charge in [-0.3, -0.25) is 0 Å². The second-order valence-electron chi connectivity index (χ2n) is 6.63. The van der Waals surface area contributed by atoms with Gasteiger partial charge in [0.15, 0.2) is 5.58 Å². The second kappa shape index (κ2) is 7.52. The molecule has 2 heterocycles. The first-order valence-corrected chi connectivity index (χ1v) is 9.59. The van der Waals surface area contributed by atoms with Crippen LogP contribution in [-0.2, 0) is 6.54 Å². The first-order chi connectivity index (χ1) is 13.9. The van der Waals surface area contributed by atoms with Gasteiger partial charge < -0.3 is 14.4 Å². The molecule has 0 bridgehead atoms. The normalized spacial score (nSPS) is 11.0. The molecule has 2 aromatic heterocycles. The molecular formula is C22H16FNO4S. The molecule has 7 heteroatoms. The topological polar surface area (TPSA) is 70.8 Å². The Morgan fingerprint density at radius 1 is 1.10 bits per heavy atom. The lowest BCUT2D eigenvalue weighted by molar-refractivity contribution is 0.0692. The highest BCUT2D eigenvalue weighted by molar-refractivity contribution is 7.22. The van der Waals surface area contributed by atoms with E-state index in [-0.39, 0.29) is 11.4 Å².